The van der Waals surface area contributed by atoms with E-state index in [2.05, 4.69) is 32.8 Å². The quantitative estimate of drug-likeness (QED) is 0.568. The Morgan fingerprint density at radius 1 is 1.33 bits per heavy atom. The first kappa shape index (κ1) is 18.3. The van der Waals surface area contributed by atoms with Gasteiger partial charge in [0, 0.05) is 79.3 Å². The van der Waals surface area contributed by atoms with Crippen molar-refractivity contribution in [1.29, 1.82) is 10.7 Å². The molecule has 0 amide bonds. The number of fused-ring (bicyclic) bond motifs is 3. The van der Waals surface area contributed by atoms with Gasteiger partial charge in [-0.3, -0.25) is 0 Å². The van der Waals surface area contributed by atoms with Crippen molar-refractivity contribution in [2.45, 2.75) is 18.5 Å². The highest BCUT2D eigenvalue weighted by Gasteiger charge is 2.36. The summed E-state index contributed by atoms with van der Waals surface area (Å²) in [5.74, 6) is 0.978. The summed E-state index contributed by atoms with van der Waals surface area (Å²) >= 11 is 0. The van der Waals surface area contributed by atoms with Crippen LogP contribution in [0.25, 0.3) is 22.2 Å². The van der Waals surface area contributed by atoms with Crippen LogP contribution >= 0.6 is 0 Å². The second-order valence-electron chi connectivity index (χ2n) is 7.74. The highest BCUT2D eigenvalue weighted by molar-refractivity contribution is 6.08. The van der Waals surface area contributed by atoms with E-state index in [9.17, 15) is 5.26 Å². The first-order valence-electron chi connectivity index (χ1n) is 9.97. The standard InChI is InChI=1S/C22H22N8/c1-25-8-16(6-23)15-4-20(22-17(7-24)10-27-30(22)11-15)14-2-3-21(26-9-14)29-12-18-5-19(13-29)28-18/h2-4,6,8-11,18-19,23,25,28H,5,12-13H2,1H3/b16-8+,23-6?. The molecule has 30 heavy (non-hydrogen) atoms. The second-order valence-corrected chi connectivity index (χ2v) is 7.74. The lowest BCUT2D eigenvalue weighted by Crippen LogP contribution is -2.67. The molecule has 3 aromatic rings. The largest absolute Gasteiger partial charge is 0.393 e. The van der Waals surface area contributed by atoms with Crippen LogP contribution in [0.3, 0.4) is 0 Å². The molecule has 2 bridgehead atoms. The minimum absolute atomic E-state index is 0.511. The maximum atomic E-state index is 9.56. The fourth-order valence-corrected chi connectivity index (χ4v) is 4.38. The molecule has 3 fully saturated rings. The lowest BCUT2D eigenvalue weighted by Gasteiger charge is -2.48. The average molecular weight is 398 g/mol. The van der Waals surface area contributed by atoms with Crippen molar-refractivity contribution in [2.75, 3.05) is 25.0 Å². The molecular formula is C22H22N8. The minimum atomic E-state index is 0.511. The molecule has 3 saturated heterocycles. The molecular weight excluding hydrogens is 376 g/mol. The Bertz CT molecular complexity index is 1170. The van der Waals surface area contributed by atoms with Gasteiger partial charge in [-0.05, 0) is 24.6 Å². The van der Waals surface area contributed by atoms with Crippen molar-refractivity contribution in [3.63, 3.8) is 0 Å². The Morgan fingerprint density at radius 3 is 2.77 bits per heavy atom. The monoisotopic (exact) mass is 398 g/mol. The minimum Gasteiger partial charge on any atom is -0.393 e. The maximum Gasteiger partial charge on any atom is 0.128 e. The van der Waals surface area contributed by atoms with Crippen LogP contribution in [-0.4, -0.2) is 53.0 Å². The van der Waals surface area contributed by atoms with E-state index in [0.717, 1.165) is 46.7 Å². The van der Waals surface area contributed by atoms with Crippen LogP contribution in [0.15, 0.2) is 43.0 Å². The van der Waals surface area contributed by atoms with Crippen molar-refractivity contribution < 1.29 is 0 Å². The van der Waals surface area contributed by atoms with Crippen molar-refractivity contribution >= 4 is 23.1 Å². The zero-order valence-electron chi connectivity index (χ0n) is 16.6. The van der Waals surface area contributed by atoms with E-state index >= 15 is 0 Å². The third-order valence-corrected chi connectivity index (χ3v) is 5.83. The molecule has 150 valence electrons. The molecule has 3 aliphatic heterocycles. The van der Waals surface area contributed by atoms with E-state index in [1.807, 2.05) is 24.5 Å². The van der Waals surface area contributed by atoms with E-state index in [4.69, 9.17) is 10.4 Å². The van der Waals surface area contributed by atoms with Crippen LogP contribution in [0.2, 0.25) is 0 Å². The number of aromatic nitrogens is 3. The number of nitrogens with one attached hydrogen (secondary N) is 3. The molecule has 0 radical (unpaired) electrons. The summed E-state index contributed by atoms with van der Waals surface area (Å²) in [6.45, 7) is 1.97. The molecule has 2 atom stereocenters. The van der Waals surface area contributed by atoms with E-state index in [1.165, 1.54) is 12.6 Å². The van der Waals surface area contributed by atoms with E-state index in [1.54, 1.807) is 24.0 Å². The smallest absolute Gasteiger partial charge is 0.128 e. The fraction of sp³-hybridized carbons (Fsp3) is 0.273. The third kappa shape index (κ3) is 3.00. The Balaban J connectivity index is 1.58. The highest BCUT2D eigenvalue weighted by atomic mass is 15.3. The topological polar surface area (TPSA) is 105 Å². The Hall–Kier alpha value is -3.70. The Kier molecular flexibility index (Phi) is 4.45. The molecule has 0 saturated carbocycles. The molecule has 2 unspecified atom stereocenters. The molecule has 6 heterocycles. The van der Waals surface area contributed by atoms with Crippen LogP contribution in [0.5, 0.6) is 0 Å². The predicted molar refractivity (Wildman–Crippen MR) is 117 cm³/mol. The number of rotatable bonds is 5. The Labute approximate surface area is 174 Å². The van der Waals surface area contributed by atoms with Gasteiger partial charge in [-0.2, -0.15) is 10.4 Å². The number of nitrogens with zero attached hydrogens (tertiary/aromatic N) is 5. The Morgan fingerprint density at radius 2 is 2.13 bits per heavy atom. The van der Waals surface area contributed by atoms with Gasteiger partial charge in [0.25, 0.3) is 0 Å². The molecule has 0 aromatic carbocycles. The van der Waals surface area contributed by atoms with Gasteiger partial charge in [-0.25, -0.2) is 9.50 Å². The van der Waals surface area contributed by atoms with Gasteiger partial charge in [-0.1, -0.05) is 0 Å². The zero-order valence-corrected chi connectivity index (χ0v) is 16.6. The molecule has 3 aliphatic rings. The maximum absolute atomic E-state index is 9.56. The number of piperazine rings is 1. The SMILES string of the molecule is CN/C=C(\C=N)c1cc(-c2ccc(N3CC4CC(C3)N4)nc2)c2c(C#N)cnn2c1. The lowest BCUT2D eigenvalue weighted by atomic mass is 9.91. The second kappa shape index (κ2) is 7.28. The number of piperidine rings is 1. The van der Waals surface area contributed by atoms with Crippen LogP contribution in [0, 0.1) is 16.7 Å². The normalized spacial score (nSPS) is 20.5. The number of pyridine rings is 2. The molecule has 3 N–H and O–H groups in total. The van der Waals surface area contributed by atoms with Gasteiger partial charge < -0.3 is 20.9 Å². The molecule has 6 rings (SSSR count). The molecule has 0 aliphatic carbocycles. The van der Waals surface area contributed by atoms with Crippen LogP contribution in [0.4, 0.5) is 5.82 Å². The summed E-state index contributed by atoms with van der Waals surface area (Å²) in [4.78, 5) is 7.05. The number of nitriles is 1. The molecule has 3 aromatic heterocycles. The highest BCUT2D eigenvalue weighted by Crippen LogP contribution is 2.31. The van der Waals surface area contributed by atoms with Crippen LogP contribution in [0.1, 0.15) is 17.5 Å². The van der Waals surface area contributed by atoms with Crippen molar-refractivity contribution in [2.24, 2.45) is 0 Å². The van der Waals surface area contributed by atoms with Crippen molar-refractivity contribution in [3.05, 3.63) is 54.1 Å². The fourth-order valence-electron chi connectivity index (χ4n) is 4.38. The number of allylic oxidation sites excluding steroid dienone is 1. The molecule has 0 spiro atoms. The van der Waals surface area contributed by atoms with E-state index in [-0.39, 0.29) is 0 Å². The number of anilines is 1. The van der Waals surface area contributed by atoms with Gasteiger partial charge in [-0.15, -0.1) is 0 Å². The summed E-state index contributed by atoms with van der Waals surface area (Å²) in [5.41, 5.74) is 4.59. The van der Waals surface area contributed by atoms with Crippen molar-refractivity contribution in [3.8, 4) is 17.2 Å². The molecule has 8 heteroatoms. The van der Waals surface area contributed by atoms with Crippen LogP contribution < -0.4 is 15.5 Å². The lowest BCUT2D eigenvalue weighted by molar-refractivity contribution is 0.225. The molecule has 8 nitrogen and oxygen atoms in total. The van der Waals surface area contributed by atoms with Gasteiger partial charge in [0.2, 0.25) is 0 Å². The zero-order chi connectivity index (χ0) is 20.7. The first-order valence-corrected chi connectivity index (χ1v) is 9.97. The van der Waals surface area contributed by atoms with E-state index < -0.39 is 0 Å². The number of hydrogen-bond donors (Lipinski definition) is 3. The van der Waals surface area contributed by atoms with Gasteiger partial charge in [0.05, 0.1) is 17.3 Å². The first-order chi connectivity index (χ1) is 14.7. The van der Waals surface area contributed by atoms with E-state index in [0.29, 0.717) is 17.6 Å². The summed E-state index contributed by atoms with van der Waals surface area (Å²) in [6, 6.07) is 9.47. The van der Waals surface area contributed by atoms with Gasteiger partial charge >= 0.3 is 0 Å². The van der Waals surface area contributed by atoms with Gasteiger partial charge in [0.1, 0.15) is 11.9 Å². The number of hydrogen-bond acceptors (Lipinski definition) is 7. The summed E-state index contributed by atoms with van der Waals surface area (Å²) in [7, 11) is 1.80. The van der Waals surface area contributed by atoms with Crippen LogP contribution in [-0.2, 0) is 0 Å². The average Bonchev–Trinajstić information content (AvgIpc) is 3.20. The summed E-state index contributed by atoms with van der Waals surface area (Å²) < 4.78 is 1.70. The summed E-state index contributed by atoms with van der Waals surface area (Å²) in [5, 5.41) is 28.2. The van der Waals surface area contributed by atoms with Crippen molar-refractivity contribution in [1.82, 2.24) is 25.2 Å². The van der Waals surface area contributed by atoms with Gasteiger partial charge in [0.15, 0.2) is 0 Å². The summed E-state index contributed by atoms with van der Waals surface area (Å²) in [6.07, 6.45) is 9.60. The third-order valence-electron chi connectivity index (χ3n) is 5.83. The predicted octanol–water partition coefficient (Wildman–Crippen LogP) is 2.03.